The minimum absolute atomic E-state index is 0.142. The van der Waals surface area contributed by atoms with E-state index in [-0.39, 0.29) is 5.91 Å². The largest absolute Gasteiger partial charge is 0.481 e. The summed E-state index contributed by atoms with van der Waals surface area (Å²) in [6.07, 6.45) is 0. The van der Waals surface area contributed by atoms with Gasteiger partial charge in [0.2, 0.25) is 5.91 Å². The van der Waals surface area contributed by atoms with Crippen molar-refractivity contribution in [2.45, 2.75) is 20.4 Å². The Kier molecular flexibility index (Phi) is 3.73. The highest BCUT2D eigenvalue weighted by molar-refractivity contribution is 5.91. The minimum atomic E-state index is -0.912. The van der Waals surface area contributed by atoms with E-state index in [1.54, 1.807) is 36.2 Å². The Bertz CT molecular complexity index is 613. The number of carboxylic acid groups (broad SMARTS) is 1. The zero-order valence-corrected chi connectivity index (χ0v) is 12.3. The summed E-state index contributed by atoms with van der Waals surface area (Å²) in [7, 11) is 1.67. The summed E-state index contributed by atoms with van der Waals surface area (Å²) in [6.45, 7) is 4.03. The lowest BCUT2D eigenvalue weighted by Gasteiger charge is -2.18. The molecular formula is C16H18N2O3. The van der Waals surface area contributed by atoms with Crippen molar-refractivity contribution in [1.82, 2.24) is 4.90 Å². The Morgan fingerprint density at radius 2 is 1.86 bits per heavy atom. The third-order valence-corrected chi connectivity index (χ3v) is 4.24. The maximum Gasteiger partial charge on any atom is 0.307 e. The standard InChI is InChI=1S/C16H18N2O3/c1-16(2)12(13(16)15(20)21)14(19)18(3)9-11-6-4-10(8-17)5-7-11/h4-7,12-13H,9H2,1-3H3,(H,20,21). The molecule has 1 aliphatic carbocycles. The van der Waals surface area contributed by atoms with E-state index in [0.29, 0.717) is 12.1 Å². The first kappa shape index (κ1) is 15.0. The van der Waals surface area contributed by atoms with Crippen LogP contribution in [0.4, 0.5) is 0 Å². The predicted octanol–water partition coefficient (Wildman–Crippen LogP) is 1.87. The molecule has 0 saturated heterocycles. The number of aliphatic carboxylic acids is 1. The van der Waals surface area contributed by atoms with Gasteiger partial charge in [0.15, 0.2) is 0 Å². The molecule has 5 heteroatoms. The summed E-state index contributed by atoms with van der Waals surface area (Å²) < 4.78 is 0. The summed E-state index contributed by atoms with van der Waals surface area (Å²) >= 11 is 0. The third kappa shape index (κ3) is 2.75. The molecule has 21 heavy (non-hydrogen) atoms. The molecule has 1 saturated carbocycles. The van der Waals surface area contributed by atoms with Crippen molar-refractivity contribution in [3.8, 4) is 6.07 Å². The van der Waals surface area contributed by atoms with Gasteiger partial charge in [0.05, 0.1) is 23.5 Å². The summed E-state index contributed by atoms with van der Waals surface area (Å²) in [6, 6.07) is 9.05. The topological polar surface area (TPSA) is 81.4 Å². The molecule has 0 heterocycles. The lowest BCUT2D eigenvalue weighted by atomic mass is 10.1. The molecule has 0 aliphatic heterocycles. The van der Waals surface area contributed by atoms with E-state index in [1.165, 1.54) is 0 Å². The SMILES string of the molecule is CN(Cc1ccc(C#N)cc1)C(=O)C1C(C(=O)O)C1(C)C. The van der Waals surface area contributed by atoms with Crippen LogP contribution < -0.4 is 0 Å². The second-order valence-electron chi connectivity index (χ2n) is 6.12. The van der Waals surface area contributed by atoms with Crippen molar-refractivity contribution < 1.29 is 14.7 Å². The van der Waals surface area contributed by atoms with Crippen molar-refractivity contribution in [3.63, 3.8) is 0 Å². The van der Waals surface area contributed by atoms with E-state index in [9.17, 15) is 9.59 Å². The van der Waals surface area contributed by atoms with Gasteiger partial charge in [-0.2, -0.15) is 5.26 Å². The molecule has 1 N–H and O–H groups in total. The molecule has 0 spiro atoms. The van der Waals surface area contributed by atoms with Gasteiger partial charge in [0.1, 0.15) is 0 Å². The Morgan fingerprint density at radius 3 is 2.29 bits per heavy atom. The van der Waals surface area contributed by atoms with Crippen LogP contribution in [-0.2, 0) is 16.1 Å². The zero-order chi connectivity index (χ0) is 15.8. The second-order valence-corrected chi connectivity index (χ2v) is 6.12. The maximum atomic E-state index is 12.4. The van der Waals surface area contributed by atoms with Crippen molar-refractivity contribution in [3.05, 3.63) is 35.4 Å². The maximum absolute atomic E-state index is 12.4. The average Bonchev–Trinajstić information content (AvgIpc) is 3.01. The molecular weight excluding hydrogens is 268 g/mol. The Balaban J connectivity index is 2.04. The lowest BCUT2D eigenvalue weighted by Crippen LogP contribution is -2.29. The quantitative estimate of drug-likeness (QED) is 0.916. The van der Waals surface area contributed by atoms with E-state index in [2.05, 4.69) is 0 Å². The monoisotopic (exact) mass is 286 g/mol. The Morgan fingerprint density at radius 1 is 1.29 bits per heavy atom. The van der Waals surface area contributed by atoms with Gasteiger partial charge in [0.25, 0.3) is 0 Å². The van der Waals surface area contributed by atoms with E-state index >= 15 is 0 Å². The van der Waals surface area contributed by atoms with Crippen LogP contribution in [0.15, 0.2) is 24.3 Å². The number of nitriles is 1. The first-order valence-corrected chi connectivity index (χ1v) is 6.76. The molecule has 2 rings (SSSR count). The van der Waals surface area contributed by atoms with Crippen LogP contribution in [0, 0.1) is 28.6 Å². The van der Waals surface area contributed by atoms with Gasteiger partial charge in [-0.3, -0.25) is 9.59 Å². The number of hydrogen-bond acceptors (Lipinski definition) is 3. The van der Waals surface area contributed by atoms with Gasteiger partial charge >= 0.3 is 5.97 Å². The molecule has 0 aromatic heterocycles. The second kappa shape index (κ2) is 5.21. The fraction of sp³-hybridized carbons (Fsp3) is 0.438. The summed E-state index contributed by atoms with van der Waals surface area (Å²) in [5.41, 5.74) is 0.999. The summed E-state index contributed by atoms with van der Waals surface area (Å²) in [5.74, 6) is -2.12. The van der Waals surface area contributed by atoms with Crippen LogP contribution in [0.2, 0.25) is 0 Å². The van der Waals surface area contributed by atoms with E-state index < -0.39 is 23.2 Å². The van der Waals surface area contributed by atoms with Crippen molar-refractivity contribution in [2.24, 2.45) is 17.3 Å². The van der Waals surface area contributed by atoms with Crippen LogP contribution in [0.5, 0.6) is 0 Å². The number of carboxylic acids is 1. The molecule has 2 unspecified atom stereocenters. The van der Waals surface area contributed by atoms with Gasteiger partial charge in [-0.1, -0.05) is 26.0 Å². The van der Waals surface area contributed by atoms with E-state index in [4.69, 9.17) is 10.4 Å². The molecule has 1 aromatic rings. The van der Waals surface area contributed by atoms with Crippen LogP contribution in [0.1, 0.15) is 25.0 Å². The Labute approximate surface area is 123 Å². The van der Waals surface area contributed by atoms with Crippen molar-refractivity contribution >= 4 is 11.9 Å². The number of carbonyl (C=O) groups excluding carboxylic acids is 1. The number of benzene rings is 1. The first-order chi connectivity index (χ1) is 9.78. The van der Waals surface area contributed by atoms with Gasteiger partial charge in [0, 0.05) is 13.6 Å². The van der Waals surface area contributed by atoms with Crippen LogP contribution in [0.3, 0.4) is 0 Å². The smallest absolute Gasteiger partial charge is 0.307 e. The van der Waals surface area contributed by atoms with E-state index in [0.717, 1.165) is 5.56 Å². The minimum Gasteiger partial charge on any atom is -0.481 e. The Hall–Kier alpha value is -2.35. The van der Waals surface area contributed by atoms with Gasteiger partial charge in [-0.15, -0.1) is 0 Å². The molecule has 110 valence electrons. The highest BCUT2D eigenvalue weighted by Gasteiger charge is 2.66. The van der Waals surface area contributed by atoms with Crippen molar-refractivity contribution in [1.29, 1.82) is 5.26 Å². The number of carbonyl (C=O) groups is 2. The highest BCUT2D eigenvalue weighted by Crippen LogP contribution is 2.58. The number of hydrogen-bond donors (Lipinski definition) is 1. The van der Waals surface area contributed by atoms with Crippen LogP contribution >= 0.6 is 0 Å². The summed E-state index contributed by atoms with van der Waals surface area (Å²) in [4.78, 5) is 25.1. The zero-order valence-electron chi connectivity index (χ0n) is 12.3. The number of rotatable bonds is 4. The highest BCUT2D eigenvalue weighted by atomic mass is 16.4. The molecule has 0 radical (unpaired) electrons. The molecule has 1 fully saturated rings. The third-order valence-electron chi connectivity index (χ3n) is 4.24. The fourth-order valence-corrected chi connectivity index (χ4v) is 2.83. The van der Waals surface area contributed by atoms with Crippen LogP contribution in [-0.4, -0.2) is 28.9 Å². The van der Waals surface area contributed by atoms with Gasteiger partial charge < -0.3 is 10.0 Å². The molecule has 1 aliphatic rings. The van der Waals surface area contributed by atoms with Gasteiger partial charge in [-0.05, 0) is 23.1 Å². The number of nitrogens with zero attached hydrogens (tertiary/aromatic N) is 2. The molecule has 1 aromatic carbocycles. The lowest BCUT2D eigenvalue weighted by molar-refractivity contribution is -0.141. The fourth-order valence-electron chi connectivity index (χ4n) is 2.83. The van der Waals surface area contributed by atoms with Crippen molar-refractivity contribution in [2.75, 3.05) is 7.05 Å². The predicted molar refractivity (Wildman–Crippen MR) is 76.0 cm³/mol. The molecule has 2 atom stereocenters. The molecule has 0 bridgehead atoms. The van der Waals surface area contributed by atoms with Crippen LogP contribution in [0.25, 0.3) is 0 Å². The molecule has 5 nitrogen and oxygen atoms in total. The molecule has 1 amide bonds. The average molecular weight is 286 g/mol. The summed E-state index contributed by atoms with van der Waals surface area (Å²) in [5, 5.41) is 17.9. The van der Waals surface area contributed by atoms with E-state index in [1.807, 2.05) is 19.9 Å². The first-order valence-electron chi connectivity index (χ1n) is 6.76. The van der Waals surface area contributed by atoms with Gasteiger partial charge in [-0.25, -0.2) is 0 Å². The normalized spacial score (nSPS) is 22.2. The number of amides is 1.